The van der Waals surface area contributed by atoms with Crippen molar-refractivity contribution in [1.82, 2.24) is 0 Å². The first-order chi connectivity index (χ1) is 17.5. The zero-order valence-electron chi connectivity index (χ0n) is 21.8. The summed E-state index contributed by atoms with van der Waals surface area (Å²) in [7, 11) is 0. The molecule has 202 valence electrons. The van der Waals surface area contributed by atoms with Crippen LogP contribution in [-0.2, 0) is 4.74 Å². The van der Waals surface area contributed by atoms with Gasteiger partial charge in [0.1, 0.15) is 11.6 Å². The number of benzene rings is 1. The molecule has 1 aliphatic carbocycles. The summed E-state index contributed by atoms with van der Waals surface area (Å²) in [5.41, 5.74) is 0.391. The fraction of sp³-hybridized carbons (Fsp3) is 0.400. The van der Waals surface area contributed by atoms with Gasteiger partial charge in [-0.2, -0.15) is 0 Å². The van der Waals surface area contributed by atoms with Crippen LogP contribution in [0.2, 0.25) is 0 Å². The van der Waals surface area contributed by atoms with Crippen molar-refractivity contribution in [2.75, 3.05) is 6.61 Å². The first-order valence-electron chi connectivity index (χ1n) is 12.4. The number of aliphatic hydroxyl groups is 2. The van der Waals surface area contributed by atoms with Gasteiger partial charge in [-0.1, -0.05) is 44.0 Å². The van der Waals surface area contributed by atoms with E-state index in [0.29, 0.717) is 49.2 Å². The molecule has 37 heavy (non-hydrogen) atoms. The predicted molar refractivity (Wildman–Crippen MR) is 141 cm³/mol. The highest BCUT2D eigenvalue weighted by molar-refractivity contribution is 5.50. The number of ether oxygens (including phenoxy) is 2. The summed E-state index contributed by atoms with van der Waals surface area (Å²) in [6.07, 6.45) is 3.99. The summed E-state index contributed by atoms with van der Waals surface area (Å²) in [6.45, 7) is 16.3. The van der Waals surface area contributed by atoms with E-state index in [1.807, 2.05) is 6.92 Å². The van der Waals surface area contributed by atoms with Crippen molar-refractivity contribution in [3.8, 4) is 5.75 Å². The lowest BCUT2D eigenvalue weighted by molar-refractivity contribution is -0.121. The maximum Gasteiger partial charge on any atom is 0.183 e. The Bertz CT molecular complexity index is 1080. The predicted octanol–water partition coefficient (Wildman–Crippen LogP) is 7.29. The van der Waals surface area contributed by atoms with E-state index in [1.165, 1.54) is 18.2 Å². The van der Waals surface area contributed by atoms with Gasteiger partial charge in [-0.25, -0.2) is 13.2 Å². The molecule has 0 aliphatic heterocycles. The normalized spacial score (nSPS) is 20.8. The van der Waals surface area contributed by atoms with Gasteiger partial charge in [0, 0.05) is 17.2 Å². The van der Waals surface area contributed by atoms with E-state index in [-0.39, 0.29) is 22.9 Å². The van der Waals surface area contributed by atoms with Crippen molar-refractivity contribution in [3.05, 3.63) is 101 Å². The maximum absolute atomic E-state index is 14.7. The summed E-state index contributed by atoms with van der Waals surface area (Å²) < 4.78 is 54.9. The van der Waals surface area contributed by atoms with Crippen molar-refractivity contribution >= 4 is 0 Å². The van der Waals surface area contributed by atoms with Gasteiger partial charge in [-0.05, 0) is 75.1 Å². The van der Waals surface area contributed by atoms with Crippen LogP contribution in [0.5, 0.6) is 5.75 Å². The number of hydrogen-bond acceptors (Lipinski definition) is 4. The van der Waals surface area contributed by atoms with Gasteiger partial charge in [0.25, 0.3) is 0 Å². The number of rotatable bonds is 12. The molecule has 2 rings (SSSR count). The zero-order chi connectivity index (χ0) is 27.7. The van der Waals surface area contributed by atoms with E-state index < -0.39 is 35.7 Å². The average Bonchev–Trinajstić information content (AvgIpc) is 2.87. The molecule has 0 heterocycles. The number of halogens is 3. The molecule has 0 spiro atoms. The quantitative estimate of drug-likeness (QED) is 0.225. The van der Waals surface area contributed by atoms with E-state index in [4.69, 9.17) is 9.47 Å². The van der Waals surface area contributed by atoms with Gasteiger partial charge in [-0.15, -0.1) is 0 Å². The van der Waals surface area contributed by atoms with Gasteiger partial charge >= 0.3 is 0 Å². The Balaban J connectivity index is 1.96. The molecule has 2 N–H and O–H groups in total. The van der Waals surface area contributed by atoms with Gasteiger partial charge in [0.05, 0.1) is 18.8 Å². The molecular weight excluding hydrogens is 481 g/mol. The van der Waals surface area contributed by atoms with Gasteiger partial charge in [0.15, 0.2) is 17.9 Å². The lowest BCUT2D eigenvalue weighted by Crippen LogP contribution is -2.27. The standard InChI is InChI=1S/C30H37F3O4/c1-7-22(21(6)34)10-9-18(3)19(4)28(32)29(33)20(5)30(35)37-24-13-11-23(12-14-24)26-16-15-25(36-8-2)17-27(26)31/h7,9-10,15-17,21,23-24,30,34-35H,3-5,8,11-14H2,1-2,6H3/b10-9-,22-7+,29-28-. The molecular formula is C30H37F3O4. The third-order valence-electron chi connectivity index (χ3n) is 6.44. The van der Waals surface area contributed by atoms with Crippen molar-refractivity contribution in [2.24, 2.45) is 0 Å². The van der Waals surface area contributed by atoms with E-state index >= 15 is 0 Å². The second kappa shape index (κ2) is 14.2. The van der Waals surface area contributed by atoms with Crippen LogP contribution in [0.15, 0.2) is 90.1 Å². The van der Waals surface area contributed by atoms with Crippen LogP contribution in [-0.4, -0.2) is 35.3 Å². The lowest BCUT2D eigenvalue weighted by Gasteiger charge is -2.30. The highest BCUT2D eigenvalue weighted by Gasteiger charge is 2.28. The molecule has 0 saturated heterocycles. The van der Waals surface area contributed by atoms with Crippen molar-refractivity contribution in [1.29, 1.82) is 0 Å². The van der Waals surface area contributed by atoms with Crippen LogP contribution in [0.3, 0.4) is 0 Å². The molecule has 7 heteroatoms. The van der Waals surface area contributed by atoms with Gasteiger partial charge in [0.2, 0.25) is 0 Å². The van der Waals surface area contributed by atoms with Crippen LogP contribution >= 0.6 is 0 Å². The molecule has 1 fully saturated rings. The molecule has 2 unspecified atom stereocenters. The third-order valence-corrected chi connectivity index (χ3v) is 6.44. The molecule has 4 nitrogen and oxygen atoms in total. The minimum Gasteiger partial charge on any atom is -0.494 e. The summed E-state index contributed by atoms with van der Waals surface area (Å²) in [5, 5.41) is 20.0. The van der Waals surface area contributed by atoms with Gasteiger partial charge < -0.3 is 19.7 Å². The third kappa shape index (κ3) is 8.32. The fourth-order valence-corrected chi connectivity index (χ4v) is 4.17. The molecule has 1 aliphatic rings. The largest absolute Gasteiger partial charge is 0.494 e. The Hall–Kier alpha value is -2.87. The van der Waals surface area contributed by atoms with Crippen LogP contribution in [0.25, 0.3) is 0 Å². The highest BCUT2D eigenvalue weighted by atomic mass is 19.2. The van der Waals surface area contributed by atoms with Crippen molar-refractivity contribution in [2.45, 2.75) is 70.9 Å². The SMILES string of the molecule is C=C(/C=C\C(=C/C)C(C)O)C(=C)/C(F)=C(/F)C(=C)C(O)OC1CCC(c2ccc(OCC)cc2F)CC1. The van der Waals surface area contributed by atoms with E-state index in [9.17, 15) is 23.4 Å². The number of hydrogen-bond donors (Lipinski definition) is 2. The average molecular weight is 519 g/mol. The Morgan fingerprint density at radius 2 is 1.73 bits per heavy atom. The van der Waals surface area contributed by atoms with E-state index in [2.05, 4.69) is 19.7 Å². The monoisotopic (exact) mass is 518 g/mol. The molecule has 0 aromatic heterocycles. The van der Waals surface area contributed by atoms with Crippen molar-refractivity contribution < 1.29 is 32.9 Å². The number of allylic oxidation sites excluding steroid dienone is 5. The topological polar surface area (TPSA) is 58.9 Å². The number of aliphatic hydroxyl groups excluding tert-OH is 2. The molecule has 1 aromatic carbocycles. The Morgan fingerprint density at radius 3 is 2.27 bits per heavy atom. The maximum atomic E-state index is 14.7. The second-order valence-corrected chi connectivity index (χ2v) is 9.03. The fourth-order valence-electron chi connectivity index (χ4n) is 4.17. The van der Waals surface area contributed by atoms with E-state index in [1.54, 1.807) is 32.1 Å². The Labute approximate surface area is 217 Å². The molecule has 1 saturated carbocycles. The molecule has 2 atom stereocenters. The lowest BCUT2D eigenvalue weighted by atomic mass is 9.82. The minimum atomic E-state index is -1.75. The van der Waals surface area contributed by atoms with Crippen LogP contribution in [0.4, 0.5) is 13.2 Å². The van der Waals surface area contributed by atoms with Crippen LogP contribution < -0.4 is 4.74 Å². The smallest absolute Gasteiger partial charge is 0.183 e. The van der Waals surface area contributed by atoms with Crippen LogP contribution in [0.1, 0.15) is 57.9 Å². The zero-order valence-corrected chi connectivity index (χ0v) is 21.8. The first kappa shape index (κ1) is 30.4. The Morgan fingerprint density at radius 1 is 1.08 bits per heavy atom. The summed E-state index contributed by atoms with van der Waals surface area (Å²) >= 11 is 0. The Kier molecular flexibility index (Phi) is 11.6. The summed E-state index contributed by atoms with van der Waals surface area (Å²) in [6, 6.07) is 4.85. The summed E-state index contributed by atoms with van der Waals surface area (Å²) in [4.78, 5) is 0. The second-order valence-electron chi connectivity index (χ2n) is 9.03. The van der Waals surface area contributed by atoms with Crippen LogP contribution in [0, 0.1) is 5.82 Å². The molecule has 0 bridgehead atoms. The minimum absolute atomic E-state index is 0.00997. The van der Waals surface area contributed by atoms with Gasteiger partial charge in [-0.3, -0.25) is 0 Å². The summed E-state index contributed by atoms with van der Waals surface area (Å²) in [5.74, 6) is -2.54. The molecule has 0 radical (unpaired) electrons. The molecule has 1 aromatic rings. The van der Waals surface area contributed by atoms with Crippen molar-refractivity contribution in [3.63, 3.8) is 0 Å². The highest BCUT2D eigenvalue weighted by Crippen LogP contribution is 2.37. The van der Waals surface area contributed by atoms with E-state index in [0.717, 1.165) is 0 Å². The first-order valence-corrected chi connectivity index (χ1v) is 12.4. The molecule has 0 amide bonds.